The van der Waals surface area contributed by atoms with E-state index in [0.717, 1.165) is 0 Å². The van der Waals surface area contributed by atoms with Crippen molar-refractivity contribution >= 4 is 14.5 Å². The third-order valence-corrected chi connectivity index (χ3v) is 8.19. The van der Waals surface area contributed by atoms with E-state index in [2.05, 4.69) is 47.0 Å². The van der Waals surface area contributed by atoms with Crippen molar-refractivity contribution < 1.29 is 0 Å². The third-order valence-electron chi connectivity index (χ3n) is 3.69. The lowest BCUT2D eigenvalue weighted by molar-refractivity contribution is 0.645. The molecule has 0 saturated heterocycles. The summed E-state index contributed by atoms with van der Waals surface area (Å²) in [5, 5.41) is 0.381. The van der Waals surface area contributed by atoms with E-state index >= 15 is 0 Å². The van der Waals surface area contributed by atoms with E-state index in [1.807, 2.05) is 0 Å². The highest BCUT2D eigenvalue weighted by Gasteiger charge is 2.34. The molecule has 16 heavy (non-hydrogen) atoms. The van der Waals surface area contributed by atoms with Crippen LogP contribution >= 0.6 is 0 Å². The van der Waals surface area contributed by atoms with Gasteiger partial charge in [0.2, 0.25) is 0 Å². The van der Waals surface area contributed by atoms with Crippen LogP contribution in [0, 0.1) is 0 Å². The molecular weight excluding hydrogens is 210 g/mol. The first kappa shape index (κ1) is 15.9. The quantitative estimate of drug-likeness (QED) is 0.320. The molecular formula is C14H31NSi. The molecule has 0 amide bonds. The molecule has 0 aliphatic rings. The van der Waals surface area contributed by atoms with Crippen molar-refractivity contribution in [1.29, 1.82) is 0 Å². The highest BCUT2D eigenvalue weighted by Crippen LogP contribution is 2.36. The smallest absolute Gasteiger partial charge is 0.179 e. The minimum atomic E-state index is -1.41. The van der Waals surface area contributed by atoms with Crippen LogP contribution in [0.15, 0.2) is 4.66 Å². The van der Waals surface area contributed by atoms with Gasteiger partial charge < -0.3 is 4.66 Å². The first-order chi connectivity index (χ1) is 7.31. The molecule has 0 bridgehead atoms. The van der Waals surface area contributed by atoms with Gasteiger partial charge in [-0.3, -0.25) is 0 Å². The summed E-state index contributed by atoms with van der Waals surface area (Å²) in [6, 6.07) is 0. The molecule has 0 atom stereocenters. The van der Waals surface area contributed by atoms with Crippen molar-refractivity contribution in [2.75, 3.05) is 0 Å². The first-order valence-corrected chi connectivity index (χ1v) is 9.79. The molecule has 96 valence electrons. The van der Waals surface area contributed by atoms with Gasteiger partial charge in [0.15, 0.2) is 8.24 Å². The van der Waals surface area contributed by atoms with Gasteiger partial charge in [0, 0.05) is 0 Å². The molecule has 0 aromatic heterocycles. The van der Waals surface area contributed by atoms with E-state index in [1.54, 1.807) is 0 Å². The van der Waals surface area contributed by atoms with Crippen LogP contribution in [0.2, 0.25) is 18.1 Å². The molecule has 0 aliphatic heterocycles. The second-order valence-corrected chi connectivity index (χ2v) is 11.2. The Balaban J connectivity index is 3.76. The number of nitrogens with zero attached hydrogens (tertiary/aromatic N) is 1. The van der Waals surface area contributed by atoms with Crippen molar-refractivity contribution in [3.8, 4) is 0 Å². The molecule has 0 aliphatic carbocycles. The zero-order valence-corrected chi connectivity index (χ0v) is 13.3. The molecule has 0 N–H and O–H groups in total. The van der Waals surface area contributed by atoms with Crippen molar-refractivity contribution in [2.24, 2.45) is 4.66 Å². The molecule has 0 heterocycles. The first-order valence-electron chi connectivity index (χ1n) is 6.85. The predicted octanol–water partition coefficient (Wildman–Crippen LogP) is 5.42. The van der Waals surface area contributed by atoms with Crippen LogP contribution in [0.5, 0.6) is 0 Å². The van der Waals surface area contributed by atoms with E-state index in [9.17, 15) is 0 Å². The average molecular weight is 241 g/mol. The maximum absolute atomic E-state index is 4.86. The Hall–Kier alpha value is -0.113. The molecule has 0 aromatic rings. The van der Waals surface area contributed by atoms with E-state index in [-0.39, 0.29) is 0 Å². The van der Waals surface area contributed by atoms with Crippen LogP contribution < -0.4 is 0 Å². The summed E-state index contributed by atoms with van der Waals surface area (Å²) in [5.41, 5.74) is 0. The molecule has 0 unspecified atom stereocenters. The number of hydrogen-bond donors (Lipinski definition) is 0. The Morgan fingerprint density at radius 1 is 1.00 bits per heavy atom. The molecule has 0 saturated carbocycles. The summed E-state index contributed by atoms with van der Waals surface area (Å²) in [6.07, 6.45) is 10.2. The van der Waals surface area contributed by atoms with Gasteiger partial charge in [0.05, 0.1) is 0 Å². The van der Waals surface area contributed by atoms with E-state index in [0.29, 0.717) is 5.04 Å². The normalized spacial score (nSPS) is 13.6. The Bertz CT molecular complexity index is 201. The van der Waals surface area contributed by atoms with Gasteiger partial charge >= 0.3 is 0 Å². The maximum Gasteiger partial charge on any atom is 0.179 e. The van der Waals surface area contributed by atoms with Crippen molar-refractivity contribution in [1.82, 2.24) is 0 Å². The summed E-state index contributed by atoms with van der Waals surface area (Å²) >= 11 is 0. The van der Waals surface area contributed by atoms with E-state index < -0.39 is 8.24 Å². The van der Waals surface area contributed by atoms with Gasteiger partial charge in [-0.05, 0) is 37.2 Å². The lowest BCUT2D eigenvalue weighted by Gasteiger charge is -2.32. The van der Waals surface area contributed by atoms with Crippen LogP contribution in [0.1, 0.15) is 66.2 Å². The standard InChI is InChI=1S/C14H31NSi/c1-7-8-9-10-11-12-13-15-16(5,6)14(2,3)4/h13H,7-12H2,1-6H3/b15-13+. The molecule has 0 radical (unpaired) electrons. The zero-order valence-electron chi connectivity index (χ0n) is 12.3. The van der Waals surface area contributed by atoms with Crippen LogP contribution in [-0.2, 0) is 0 Å². The van der Waals surface area contributed by atoms with Crippen LogP contribution in [0.3, 0.4) is 0 Å². The van der Waals surface area contributed by atoms with Crippen molar-refractivity contribution in [2.45, 2.75) is 84.4 Å². The summed E-state index contributed by atoms with van der Waals surface area (Å²) in [7, 11) is -1.41. The van der Waals surface area contributed by atoms with Crippen molar-refractivity contribution in [3.05, 3.63) is 0 Å². The van der Waals surface area contributed by atoms with Crippen molar-refractivity contribution in [3.63, 3.8) is 0 Å². The molecule has 0 rings (SSSR count). The van der Waals surface area contributed by atoms with Gasteiger partial charge in [-0.25, -0.2) is 0 Å². The fourth-order valence-electron chi connectivity index (χ4n) is 1.33. The largest absolute Gasteiger partial charge is 0.333 e. The topological polar surface area (TPSA) is 12.4 Å². The van der Waals surface area contributed by atoms with Gasteiger partial charge in [-0.1, -0.05) is 53.4 Å². The second kappa shape index (κ2) is 7.26. The molecule has 1 nitrogen and oxygen atoms in total. The number of unbranched alkanes of at least 4 members (excludes halogenated alkanes) is 5. The summed E-state index contributed by atoms with van der Waals surface area (Å²) < 4.78 is 4.86. The Labute approximate surface area is 104 Å². The molecule has 0 spiro atoms. The summed E-state index contributed by atoms with van der Waals surface area (Å²) in [5.74, 6) is 0. The monoisotopic (exact) mass is 241 g/mol. The van der Waals surface area contributed by atoms with E-state index in [4.69, 9.17) is 4.66 Å². The summed E-state index contributed by atoms with van der Waals surface area (Å²) in [4.78, 5) is 0. The fourth-order valence-corrected chi connectivity index (χ4v) is 2.30. The number of rotatable bonds is 7. The van der Waals surface area contributed by atoms with Gasteiger partial charge in [0.25, 0.3) is 0 Å². The number of hydrogen-bond acceptors (Lipinski definition) is 1. The highest BCUT2D eigenvalue weighted by molar-refractivity contribution is 6.79. The fraction of sp³-hybridized carbons (Fsp3) is 0.929. The Morgan fingerprint density at radius 3 is 2.06 bits per heavy atom. The van der Waals surface area contributed by atoms with Crippen LogP contribution in [-0.4, -0.2) is 14.5 Å². The molecule has 0 aromatic carbocycles. The second-order valence-electron chi connectivity index (χ2n) is 6.32. The average Bonchev–Trinajstić information content (AvgIpc) is 2.14. The SMILES string of the molecule is CCCCCCC/C=N/[Si](C)(C)C(C)(C)C. The van der Waals surface area contributed by atoms with Gasteiger partial charge in [0.1, 0.15) is 0 Å². The minimum Gasteiger partial charge on any atom is -0.333 e. The lowest BCUT2D eigenvalue weighted by atomic mass is 10.1. The highest BCUT2D eigenvalue weighted by atomic mass is 28.3. The predicted molar refractivity (Wildman–Crippen MR) is 79.1 cm³/mol. The third kappa shape index (κ3) is 6.47. The minimum absolute atomic E-state index is 0.381. The van der Waals surface area contributed by atoms with E-state index in [1.165, 1.54) is 38.5 Å². The van der Waals surface area contributed by atoms with Crippen LogP contribution in [0.4, 0.5) is 0 Å². The lowest BCUT2D eigenvalue weighted by Crippen LogP contribution is -2.35. The molecule has 0 fully saturated rings. The maximum atomic E-state index is 4.86. The Morgan fingerprint density at radius 2 is 1.56 bits per heavy atom. The zero-order chi connectivity index (χ0) is 12.7. The summed E-state index contributed by atoms with van der Waals surface area (Å²) in [6.45, 7) is 13.9. The molecule has 2 heteroatoms. The Kier molecular flexibility index (Phi) is 7.21. The van der Waals surface area contributed by atoms with Crippen LogP contribution in [0.25, 0.3) is 0 Å². The van der Waals surface area contributed by atoms with Gasteiger partial charge in [-0.2, -0.15) is 0 Å². The van der Waals surface area contributed by atoms with Gasteiger partial charge in [-0.15, -0.1) is 0 Å².